The summed E-state index contributed by atoms with van der Waals surface area (Å²) in [5, 5.41) is 2.64. The Bertz CT molecular complexity index is 503. The maximum Gasteiger partial charge on any atom is 0.00764 e. The molecule has 2 aromatic carbocycles. The highest BCUT2D eigenvalue weighted by Crippen LogP contribution is 2.47. The summed E-state index contributed by atoms with van der Waals surface area (Å²) in [6.45, 7) is 0.783. The summed E-state index contributed by atoms with van der Waals surface area (Å²) in [5.41, 5.74) is 7.57. The third kappa shape index (κ3) is 1.70. The van der Waals surface area contributed by atoms with E-state index in [4.69, 9.17) is 5.73 Å². The highest BCUT2D eigenvalue weighted by atomic mass is 35.5. The molecular formula is C14H16ClN. The predicted molar refractivity (Wildman–Crippen MR) is 71.2 cm³/mol. The summed E-state index contributed by atoms with van der Waals surface area (Å²) >= 11 is 0. The average molecular weight is 234 g/mol. The van der Waals surface area contributed by atoms with Crippen LogP contribution in [0.1, 0.15) is 18.4 Å². The number of benzene rings is 2. The first kappa shape index (κ1) is 11.4. The van der Waals surface area contributed by atoms with Crippen molar-refractivity contribution in [1.82, 2.24) is 0 Å². The molecule has 1 saturated carbocycles. The Morgan fingerprint density at radius 3 is 2.31 bits per heavy atom. The fourth-order valence-electron chi connectivity index (χ4n) is 2.28. The maximum atomic E-state index is 5.84. The predicted octanol–water partition coefficient (Wildman–Crippen LogP) is 3.25. The summed E-state index contributed by atoms with van der Waals surface area (Å²) < 4.78 is 0. The van der Waals surface area contributed by atoms with Crippen LogP contribution in [-0.2, 0) is 5.41 Å². The summed E-state index contributed by atoms with van der Waals surface area (Å²) in [4.78, 5) is 0. The molecule has 0 spiro atoms. The summed E-state index contributed by atoms with van der Waals surface area (Å²) in [6.07, 6.45) is 2.50. The monoisotopic (exact) mass is 233 g/mol. The Labute approximate surface area is 102 Å². The molecule has 16 heavy (non-hydrogen) atoms. The molecule has 0 aromatic heterocycles. The van der Waals surface area contributed by atoms with Crippen molar-refractivity contribution in [3.63, 3.8) is 0 Å². The number of hydrogen-bond acceptors (Lipinski definition) is 1. The third-order valence-corrected chi connectivity index (χ3v) is 3.61. The van der Waals surface area contributed by atoms with Crippen LogP contribution in [0, 0.1) is 0 Å². The fourth-order valence-corrected chi connectivity index (χ4v) is 2.28. The lowest BCUT2D eigenvalue weighted by Gasteiger charge is -2.13. The minimum absolute atomic E-state index is 0. The van der Waals surface area contributed by atoms with Crippen LogP contribution in [0.2, 0.25) is 0 Å². The first-order valence-corrected chi connectivity index (χ1v) is 5.53. The molecule has 0 heterocycles. The molecule has 1 fully saturated rings. The van der Waals surface area contributed by atoms with Crippen molar-refractivity contribution in [2.24, 2.45) is 5.73 Å². The molecule has 3 rings (SSSR count). The van der Waals surface area contributed by atoms with E-state index < -0.39 is 0 Å². The van der Waals surface area contributed by atoms with Gasteiger partial charge in [-0.25, -0.2) is 0 Å². The van der Waals surface area contributed by atoms with Crippen molar-refractivity contribution in [3.8, 4) is 0 Å². The topological polar surface area (TPSA) is 26.0 Å². The molecule has 2 heteroatoms. The standard InChI is InChI=1S/C14H15N.ClH/c15-10-14(7-8-14)13-6-5-11-3-1-2-4-12(11)9-13;/h1-6,9H,7-8,10,15H2;1H. The smallest absolute Gasteiger partial charge is 0.00764 e. The van der Waals surface area contributed by atoms with Gasteiger partial charge in [0, 0.05) is 12.0 Å². The van der Waals surface area contributed by atoms with E-state index in [-0.39, 0.29) is 12.4 Å². The Balaban J connectivity index is 0.000000963. The second kappa shape index (κ2) is 4.08. The maximum absolute atomic E-state index is 5.84. The van der Waals surface area contributed by atoms with Gasteiger partial charge in [-0.05, 0) is 29.2 Å². The Morgan fingerprint density at radius 1 is 1.00 bits per heavy atom. The molecule has 2 aromatic rings. The number of nitrogens with two attached hydrogens (primary N) is 1. The van der Waals surface area contributed by atoms with Gasteiger partial charge in [0.15, 0.2) is 0 Å². The van der Waals surface area contributed by atoms with E-state index in [0.29, 0.717) is 5.41 Å². The van der Waals surface area contributed by atoms with E-state index in [9.17, 15) is 0 Å². The van der Waals surface area contributed by atoms with Gasteiger partial charge in [-0.15, -0.1) is 12.4 Å². The Kier molecular flexibility index (Phi) is 2.92. The van der Waals surface area contributed by atoms with Crippen LogP contribution in [-0.4, -0.2) is 6.54 Å². The minimum atomic E-state index is 0. The first-order valence-electron chi connectivity index (χ1n) is 5.53. The van der Waals surface area contributed by atoms with Crippen LogP contribution in [0.5, 0.6) is 0 Å². The van der Waals surface area contributed by atoms with Crippen molar-refractivity contribution >= 4 is 23.2 Å². The first-order chi connectivity index (χ1) is 7.34. The molecule has 0 atom stereocenters. The summed E-state index contributed by atoms with van der Waals surface area (Å²) in [7, 11) is 0. The van der Waals surface area contributed by atoms with E-state index in [1.165, 1.54) is 29.2 Å². The quantitative estimate of drug-likeness (QED) is 0.847. The number of halogens is 1. The molecule has 1 nitrogen and oxygen atoms in total. The van der Waals surface area contributed by atoms with Crippen molar-refractivity contribution in [1.29, 1.82) is 0 Å². The second-order valence-electron chi connectivity index (χ2n) is 4.55. The second-order valence-corrected chi connectivity index (χ2v) is 4.55. The van der Waals surface area contributed by atoms with Gasteiger partial charge in [0.25, 0.3) is 0 Å². The zero-order valence-corrected chi connectivity index (χ0v) is 9.96. The van der Waals surface area contributed by atoms with Crippen molar-refractivity contribution < 1.29 is 0 Å². The zero-order valence-electron chi connectivity index (χ0n) is 9.15. The molecule has 0 aliphatic heterocycles. The van der Waals surface area contributed by atoms with Crippen molar-refractivity contribution in [2.45, 2.75) is 18.3 Å². The lowest BCUT2D eigenvalue weighted by Crippen LogP contribution is -2.19. The number of hydrogen-bond donors (Lipinski definition) is 1. The molecule has 1 aliphatic carbocycles. The lowest BCUT2D eigenvalue weighted by atomic mass is 9.94. The minimum Gasteiger partial charge on any atom is -0.330 e. The SMILES string of the molecule is Cl.NCC1(c2ccc3ccccc3c2)CC1. The van der Waals surface area contributed by atoms with Crippen LogP contribution < -0.4 is 5.73 Å². The van der Waals surface area contributed by atoms with Gasteiger partial charge in [0.05, 0.1) is 0 Å². The third-order valence-electron chi connectivity index (χ3n) is 3.61. The van der Waals surface area contributed by atoms with E-state index in [0.717, 1.165) is 6.54 Å². The van der Waals surface area contributed by atoms with Gasteiger partial charge >= 0.3 is 0 Å². The number of fused-ring (bicyclic) bond motifs is 1. The van der Waals surface area contributed by atoms with Crippen LogP contribution in [0.3, 0.4) is 0 Å². The van der Waals surface area contributed by atoms with Gasteiger partial charge < -0.3 is 5.73 Å². The van der Waals surface area contributed by atoms with Crippen LogP contribution in [0.15, 0.2) is 42.5 Å². The Morgan fingerprint density at radius 2 is 1.69 bits per heavy atom. The fraction of sp³-hybridized carbons (Fsp3) is 0.286. The highest BCUT2D eigenvalue weighted by molar-refractivity contribution is 5.85. The Hall–Kier alpha value is -1.05. The van der Waals surface area contributed by atoms with E-state index in [2.05, 4.69) is 42.5 Å². The molecular weight excluding hydrogens is 218 g/mol. The van der Waals surface area contributed by atoms with Crippen molar-refractivity contribution in [2.75, 3.05) is 6.54 Å². The molecule has 0 saturated heterocycles. The molecule has 0 bridgehead atoms. The lowest BCUT2D eigenvalue weighted by molar-refractivity contribution is 0.706. The molecule has 2 N–H and O–H groups in total. The summed E-state index contributed by atoms with van der Waals surface area (Å²) in [5.74, 6) is 0. The molecule has 84 valence electrons. The largest absolute Gasteiger partial charge is 0.330 e. The van der Waals surface area contributed by atoms with Crippen molar-refractivity contribution in [3.05, 3.63) is 48.0 Å². The average Bonchev–Trinajstić information content (AvgIpc) is 3.09. The molecule has 0 amide bonds. The van der Waals surface area contributed by atoms with Crippen LogP contribution in [0.4, 0.5) is 0 Å². The van der Waals surface area contributed by atoms with E-state index >= 15 is 0 Å². The van der Waals surface area contributed by atoms with Gasteiger partial charge in [-0.1, -0.05) is 42.5 Å². The van der Waals surface area contributed by atoms with Gasteiger partial charge in [-0.3, -0.25) is 0 Å². The molecule has 0 radical (unpaired) electrons. The molecule has 1 aliphatic rings. The molecule has 0 unspecified atom stereocenters. The van der Waals surface area contributed by atoms with Crippen LogP contribution >= 0.6 is 12.4 Å². The van der Waals surface area contributed by atoms with Crippen LogP contribution in [0.25, 0.3) is 10.8 Å². The highest BCUT2D eigenvalue weighted by Gasteiger charge is 2.42. The zero-order chi connectivity index (χ0) is 10.3. The normalized spacial score (nSPS) is 16.8. The van der Waals surface area contributed by atoms with Gasteiger partial charge in [0.2, 0.25) is 0 Å². The summed E-state index contributed by atoms with van der Waals surface area (Å²) in [6, 6.07) is 15.2. The van der Waals surface area contributed by atoms with Gasteiger partial charge in [0.1, 0.15) is 0 Å². The van der Waals surface area contributed by atoms with E-state index in [1.807, 2.05) is 0 Å². The van der Waals surface area contributed by atoms with Gasteiger partial charge in [-0.2, -0.15) is 0 Å². The number of rotatable bonds is 2. The van der Waals surface area contributed by atoms with E-state index in [1.54, 1.807) is 0 Å².